The number of alkyl halides is 6. The van der Waals surface area contributed by atoms with E-state index in [-0.39, 0.29) is 21.1 Å². The fourth-order valence-electron chi connectivity index (χ4n) is 3.01. The lowest BCUT2D eigenvalue weighted by molar-refractivity contribution is -0.254. The Morgan fingerprint density at radius 2 is 1.04 bits per heavy atom. The molecule has 10 heteroatoms. The topological polar surface area (TPSA) is 25.8 Å². The van der Waals surface area contributed by atoms with Crippen LogP contribution in [0.2, 0.25) is 0 Å². The molecular weight excluding hydrogens is 410 g/mol. The molecule has 0 amide bonds. The maximum Gasteiger partial charge on any atom is 0.380 e. The lowest BCUT2D eigenvalue weighted by Crippen LogP contribution is -2.48. The molecule has 0 aromatic carbocycles. The van der Waals surface area contributed by atoms with E-state index in [1.165, 1.54) is 13.8 Å². The fourth-order valence-corrected chi connectivity index (χ4v) is 5.18. The Hall–Kier alpha value is -1.42. The van der Waals surface area contributed by atoms with Gasteiger partial charge in [0, 0.05) is 0 Å². The summed E-state index contributed by atoms with van der Waals surface area (Å²) < 4.78 is 87.2. The first kappa shape index (κ1) is 20.3. The van der Waals surface area contributed by atoms with Crippen LogP contribution in [-0.4, -0.2) is 27.7 Å². The van der Waals surface area contributed by atoms with Gasteiger partial charge in [-0.1, -0.05) is 13.8 Å². The van der Waals surface area contributed by atoms with Crippen molar-refractivity contribution >= 4 is 33.8 Å². The van der Waals surface area contributed by atoms with Crippen molar-refractivity contribution in [2.24, 2.45) is 0 Å². The molecule has 2 heterocycles. The SMILES string of the molecule is CCc1nc(C)c(C2=C(c3sc(CC)nc3C)C(F)(F)C(F)(F)C2(F)F)s1. The standard InChI is InChI=1S/C17H16F6N2S2/c1-5-9-24-7(3)13(26-9)11-12(14-8(4)25-10(6-2)27-14)16(20,21)17(22,23)15(11,18)19/h5-6H2,1-4H3. The third-order valence-corrected chi connectivity index (χ3v) is 7.05. The fraction of sp³-hybridized carbons (Fsp3) is 0.529. The number of aromatic nitrogens is 2. The molecule has 0 spiro atoms. The van der Waals surface area contributed by atoms with Gasteiger partial charge in [-0.2, -0.15) is 26.3 Å². The molecule has 1 aliphatic rings. The van der Waals surface area contributed by atoms with Crippen LogP contribution in [0.1, 0.15) is 45.0 Å². The molecule has 0 fully saturated rings. The predicted molar refractivity (Wildman–Crippen MR) is 94.1 cm³/mol. The van der Waals surface area contributed by atoms with E-state index in [1.54, 1.807) is 13.8 Å². The number of rotatable bonds is 4. The van der Waals surface area contributed by atoms with E-state index in [9.17, 15) is 26.3 Å². The molecule has 148 valence electrons. The minimum absolute atomic E-state index is 0.0374. The average molecular weight is 426 g/mol. The molecule has 2 aromatic heterocycles. The van der Waals surface area contributed by atoms with Crippen molar-refractivity contribution in [3.63, 3.8) is 0 Å². The maximum absolute atomic E-state index is 14.7. The highest BCUT2D eigenvalue weighted by Crippen LogP contribution is 2.66. The van der Waals surface area contributed by atoms with Crippen molar-refractivity contribution in [3.05, 3.63) is 31.2 Å². The van der Waals surface area contributed by atoms with Crippen LogP contribution >= 0.6 is 22.7 Å². The van der Waals surface area contributed by atoms with Crippen LogP contribution in [0.5, 0.6) is 0 Å². The molecule has 1 aliphatic carbocycles. The van der Waals surface area contributed by atoms with Gasteiger partial charge in [-0.05, 0) is 26.7 Å². The number of allylic oxidation sites excluding steroid dienone is 2. The minimum Gasteiger partial charge on any atom is -0.246 e. The maximum atomic E-state index is 14.7. The van der Waals surface area contributed by atoms with E-state index in [2.05, 4.69) is 9.97 Å². The van der Waals surface area contributed by atoms with Gasteiger partial charge in [0.2, 0.25) is 0 Å². The van der Waals surface area contributed by atoms with E-state index >= 15 is 0 Å². The van der Waals surface area contributed by atoms with E-state index in [4.69, 9.17) is 0 Å². The zero-order valence-corrected chi connectivity index (χ0v) is 16.5. The molecule has 2 nitrogen and oxygen atoms in total. The highest BCUT2D eigenvalue weighted by Gasteiger charge is 2.80. The quantitative estimate of drug-likeness (QED) is 0.547. The molecular formula is C17H16F6N2S2. The molecule has 0 aliphatic heterocycles. The molecule has 0 N–H and O–H groups in total. The number of nitrogens with zero attached hydrogens (tertiary/aromatic N) is 2. The number of thiazole rings is 2. The second kappa shape index (κ2) is 6.30. The summed E-state index contributed by atoms with van der Waals surface area (Å²) in [5.74, 6) is -15.6. The lowest BCUT2D eigenvalue weighted by Gasteiger charge is -2.25. The van der Waals surface area contributed by atoms with Crippen LogP contribution < -0.4 is 0 Å². The lowest BCUT2D eigenvalue weighted by atomic mass is 10.0. The molecule has 0 saturated carbocycles. The summed E-state index contributed by atoms with van der Waals surface area (Å²) in [7, 11) is 0. The highest BCUT2D eigenvalue weighted by atomic mass is 32.1. The first-order chi connectivity index (χ1) is 12.4. The van der Waals surface area contributed by atoms with Crippen LogP contribution in [0.4, 0.5) is 26.3 Å². The zero-order chi connectivity index (χ0) is 20.4. The third-order valence-electron chi connectivity index (χ3n) is 4.41. The predicted octanol–water partition coefficient (Wildman–Crippen LogP) is 6.17. The molecule has 0 saturated heterocycles. The first-order valence-corrected chi connectivity index (χ1v) is 9.85. The van der Waals surface area contributed by atoms with E-state index in [0.29, 0.717) is 22.9 Å². The summed E-state index contributed by atoms with van der Waals surface area (Å²) in [5, 5.41) is 0.831. The number of hydrogen-bond donors (Lipinski definition) is 0. The Balaban J connectivity index is 2.42. The van der Waals surface area contributed by atoms with Crippen molar-refractivity contribution in [2.45, 2.75) is 58.3 Å². The largest absolute Gasteiger partial charge is 0.380 e. The number of aryl methyl sites for hydroxylation is 4. The Bertz CT molecular complexity index is 854. The van der Waals surface area contributed by atoms with Gasteiger partial charge < -0.3 is 0 Å². The Kier molecular flexibility index (Phi) is 4.74. The van der Waals surface area contributed by atoms with Gasteiger partial charge in [-0.15, -0.1) is 22.7 Å². The molecule has 3 rings (SSSR count). The number of halogens is 6. The minimum atomic E-state index is -5.55. The van der Waals surface area contributed by atoms with Crippen LogP contribution in [0.25, 0.3) is 11.1 Å². The van der Waals surface area contributed by atoms with Crippen LogP contribution in [-0.2, 0) is 12.8 Å². The van der Waals surface area contributed by atoms with Gasteiger partial charge in [0.1, 0.15) is 0 Å². The van der Waals surface area contributed by atoms with Crippen molar-refractivity contribution in [2.75, 3.05) is 0 Å². The van der Waals surface area contributed by atoms with Crippen molar-refractivity contribution in [3.8, 4) is 0 Å². The number of hydrogen-bond acceptors (Lipinski definition) is 4. The van der Waals surface area contributed by atoms with E-state index in [1.807, 2.05) is 0 Å². The average Bonchev–Trinajstić information content (AvgIpc) is 3.16. The Morgan fingerprint density at radius 3 is 1.30 bits per heavy atom. The third kappa shape index (κ3) is 2.66. The van der Waals surface area contributed by atoms with Gasteiger partial charge in [-0.25, -0.2) is 9.97 Å². The smallest absolute Gasteiger partial charge is 0.246 e. The molecule has 0 unspecified atom stereocenters. The second-order valence-corrected chi connectivity index (χ2v) is 8.39. The Labute approximate surface area is 160 Å². The Morgan fingerprint density at radius 1 is 0.704 bits per heavy atom. The summed E-state index contributed by atoms with van der Waals surface area (Å²) in [6.07, 6.45) is 0.762. The van der Waals surface area contributed by atoms with Crippen LogP contribution in [0, 0.1) is 13.8 Å². The van der Waals surface area contributed by atoms with E-state index < -0.39 is 28.9 Å². The molecule has 27 heavy (non-hydrogen) atoms. The molecule has 2 aromatic rings. The van der Waals surface area contributed by atoms with Crippen molar-refractivity contribution in [1.29, 1.82) is 0 Å². The molecule has 0 bridgehead atoms. The summed E-state index contributed by atoms with van der Waals surface area (Å²) in [6, 6.07) is 0. The van der Waals surface area contributed by atoms with Crippen LogP contribution in [0.15, 0.2) is 0 Å². The van der Waals surface area contributed by atoms with Gasteiger partial charge in [0.05, 0.1) is 42.3 Å². The van der Waals surface area contributed by atoms with Crippen molar-refractivity contribution in [1.82, 2.24) is 9.97 Å². The van der Waals surface area contributed by atoms with Crippen molar-refractivity contribution < 1.29 is 26.3 Å². The normalized spacial score (nSPS) is 20.5. The second-order valence-electron chi connectivity index (χ2n) is 6.22. The van der Waals surface area contributed by atoms with E-state index in [0.717, 1.165) is 22.7 Å². The summed E-state index contributed by atoms with van der Waals surface area (Å²) in [5.41, 5.74) is -2.59. The molecule has 0 radical (unpaired) electrons. The van der Waals surface area contributed by atoms with Gasteiger partial charge >= 0.3 is 17.8 Å². The monoisotopic (exact) mass is 426 g/mol. The summed E-state index contributed by atoms with van der Waals surface area (Å²) in [6.45, 7) is 6.15. The van der Waals surface area contributed by atoms with Gasteiger partial charge in [0.15, 0.2) is 0 Å². The highest BCUT2D eigenvalue weighted by molar-refractivity contribution is 7.14. The van der Waals surface area contributed by atoms with Gasteiger partial charge in [0.25, 0.3) is 0 Å². The molecule has 0 atom stereocenters. The summed E-state index contributed by atoms with van der Waals surface area (Å²) >= 11 is 1.49. The van der Waals surface area contributed by atoms with Crippen LogP contribution in [0.3, 0.4) is 0 Å². The summed E-state index contributed by atoms with van der Waals surface area (Å²) in [4.78, 5) is 7.46. The first-order valence-electron chi connectivity index (χ1n) is 8.22. The zero-order valence-electron chi connectivity index (χ0n) is 14.9. The van der Waals surface area contributed by atoms with Gasteiger partial charge in [-0.3, -0.25) is 0 Å².